The van der Waals surface area contributed by atoms with E-state index in [0.29, 0.717) is 22.9 Å². The number of hydrogen-bond donors (Lipinski definition) is 2. The smallest absolute Gasteiger partial charge is 0.343 e. The normalized spacial score (nSPS) is 19.1. The van der Waals surface area contributed by atoms with E-state index in [-0.39, 0.29) is 36.0 Å². The second-order valence-electron chi connectivity index (χ2n) is 7.13. The molecule has 8 nitrogen and oxygen atoms in total. The number of ether oxygens (including phenoxy) is 1. The molecule has 31 heavy (non-hydrogen) atoms. The minimum absolute atomic E-state index is 0.0336. The van der Waals surface area contributed by atoms with Crippen molar-refractivity contribution in [2.75, 3.05) is 12.4 Å². The van der Waals surface area contributed by atoms with Gasteiger partial charge in [-0.05, 0) is 20.3 Å². The fraction of sp³-hybridized carbons (Fsp3) is 0.455. The van der Waals surface area contributed by atoms with Crippen molar-refractivity contribution in [3.8, 4) is 30.4 Å². The number of aliphatic imine (C=N–C) groups is 1. The molecule has 164 valence electrons. The van der Waals surface area contributed by atoms with E-state index in [1.54, 1.807) is 19.9 Å². The fourth-order valence-corrected chi connectivity index (χ4v) is 4.06. The van der Waals surface area contributed by atoms with Crippen LogP contribution in [0.1, 0.15) is 51.0 Å². The molecule has 0 aromatic carbocycles. The highest BCUT2D eigenvalue weighted by atomic mass is 32.2. The molecular weight excluding hydrogens is 418 g/mol. The maximum atomic E-state index is 13.1. The standard InChI is InChI=1S/C22H25N3O5S/c1-6-9-15-17(29-11-8-3)12-18(30-20(15)26)16(10-7-2)23-21(27)22(5)13-31-19(24-22)14(4)25-28/h1,3,12,16,28H,7,9-11,13H2,2,4-5H3,(H,23,27)/b25-14+/t16-,22?/m1/s1. The van der Waals surface area contributed by atoms with E-state index >= 15 is 0 Å². The van der Waals surface area contributed by atoms with E-state index in [9.17, 15) is 9.59 Å². The van der Waals surface area contributed by atoms with Gasteiger partial charge in [0.15, 0.2) is 0 Å². The number of nitrogens with zero attached hydrogens (tertiary/aromatic N) is 2. The molecule has 1 aromatic rings. The summed E-state index contributed by atoms with van der Waals surface area (Å²) in [6.45, 7) is 5.22. The zero-order valence-electron chi connectivity index (χ0n) is 17.7. The summed E-state index contributed by atoms with van der Waals surface area (Å²) < 4.78 is 11.0. The summed E-state index contributed by atoms with van der Waals surface area (Å²) in [5.74, 6) is 5.30. The van der Waals surface area contributed by atoms with Gasteiger partial charge >= 0.3 is 5.63 Å². The lowest BCUT2D eigenvalue weighted by molar-refractivity contribution is -0.125. The zero-order chi connectivity index (χ0) is 23.0. The summed E-state index contributed by atoms with van der Waals surface area (Å²) in [5, 5.41) is 15.5. The maximum Gasteiger partial charge on any atom is 0.343 e. The molecule has 1 aromatic heterocycles. The Balaban J connectivity index is 2.36. The molecule has 0 fully saturated rings. The minimum atomic E-state index is -1.05. The third kappa shape index (κ3) is 5.71. The Hall–Kier alpha value is -3.17. The summed E-state index contributed by atoms with van der Waals surface area (Å²) in [6, 6.07) is 0.974. The van der Waals surface area contributed by atoms with Gasteiger partial charge in [-0.15, -0.1) is 30.5 Å². The summed E-state index contributed by atoms with van der Waals surface area (Å²) in [4.78, 5) is 30.0. The highest BCUT2D eigenvalue weighted by molar-refractivity contribution is 8.16. The Bertz CT molecular complexity index is 1030. The first kappa shape index (κ1) is 24.1. The van der Waals surface area contributed by atoms with Crippen LogP contribution in [-0.4, -0.2) is 39.8 Å². The largest absolute Gasteiger partial charge is 0.480 e. The number of terminal acetylenes is 2. The Morgan fingerprint density at radius 3 is 2.87 bits per heavy atom. The molecular formula is C22H25N3O5S. The van der Waals surface area contributed by atoms with Crippen molar-refractivity contribution in [3.05, 3.63) is 27.8 Å². The predicted molar refractivity (Wildman–Crippen MR) is 121 cm³/mol. The summed E-state index contributed by atoms with van der Waals surface area (Å²) >= 11 is 1.34. The Morgan fingerprint density at radius 1 is 1.52 bits per heavy atom. The van der Waals surface area contributed by atoms with Crippen LogP contribution in [0.25, 0.3) is 0 Å². The van der Waals surface area contributed by atoms with Gasteiger partial charge < -0.3 is 19.7 Å². The molecule has 0 spiro atoms. The first-order valence-electron chi connectivity index (χ1n) is 9.68. The van der Waals surface area contributed by atoms with Gasteiger partial charge in [-0.1, -0.05) is 24.4 Å². The topological polar surface area (TPSA) is 113 Å². The van der Waals surface area contributed by atoms with Crippen LogP contribution in [0.2, 0.25) is 0 Å². The molecule has 2 heterocycles. The van der Waals surface area contributed by atoms with Gasteiger partial charge in [0.05, 0.1) is 11.6 Å². The maximum absolute atomic E-state index is 13.1. The average molecular weight is 444 g/mol. The summed E-state index contributed by atoms with van der Waals surface area (Å²) in [5.41, 5.74) is -1.13. The number of amides is 1. The number of hydrogen-bond acceptors (Lipinski definition) is 8. The fourth-order valence-electron chi connectivity index (χ4n) is 2.93. The molecule has 0 bridgehead atoms. The number of nitrogens with one attached hydrogen (secondary N) is 1. The van der Waals surface area contributed by atoms with Gasteiger partial charge in [-0.25, -0.2) is 4.79 Å². The van der Waals surface area contributed by atoms with Crippen molar-refractivity contribution in [1.29, 1.82) is 0 Å². The van der Waals surface area contributed by atoms with E-state index in [2.05, 4.69) is 27.3 Å². The van der Waals surface area contributed by atoms with E-state index in [0.717, 1.165) is 6.42 Å². The SMILES string of the molecule is C#CCOc1cc([C@@H](CCC)NC(=O)C2(C)CSC(/C(C)=N/O)=N2)oc(=O)c1CC#C. The van der Waals surface area contributed by atoms with Gasteiger partial charge in [-0.3, -0.25) is 9.79 Å². The molecule has 2 rings (SSSR count). The van der Waals surface area contributed by atoms with Crippen LogP contribution in [0.5, 0.6) is 5.75 Å². The molecule has 1 amide bonds. The molecule has 0 radical (unpaired) electrons. The quantitative estimate of drug-likeness (QED) is 0.262. The van der Waals surface area contributed by atoms with E-state index in [4.69, 9.17) is 27.2 Å². The zero-order valence-corrected chi connectivity index (χ0v) is 18.5. The minimum Gasteiger partial charge on any atom is -0.480 e. The van der Waals surface area contributed by atoms with Crippen LogP contribution in [0, 0.1) is 24.7 Å². The van der Waals surface area contributed by atoms with E-state index < -0.39 is 17.2 Å². The van der Waals surface area contributed by atoms with Crippen molar-refractivity contribution in [2.45, 2.75) is 51.6 Å². The number of rotatable bonds is 9. The molecule has 0 saturated heterocycles. The Kier molecular flexibility index (Phi) is 8.35. The number of thioether (sulfide) groups is 1. The molecule has 2 N–H and O–H groups in total. The molecule has 0 saturated carbocycles. The van der Waals surface area contributed by atoms with Crippen molar-refractivity contribution >= 4 is 28.4 Å². The number of carbonyl (C=O) groups is 1. The summed E-state index contributed by atoms with van der Waals surface area (Å²) in [7, 11) is 0. The van der Waals surface area contributed by atoms with Crippen LogP contribution in [0.15, 0.2) is 25.4 Å². The molecule has 1 aliphatic rings. The first-order chi connectivity index (χ1) is 14.8. The lowest BCUT2D eigenvalue weighted by Crippen LogP contribution is -2.45. The Morgan fingerprint density at radius 2 is 2.26 bits per heavy atom. The second-order valence-corrected chi connectivity index (χ2v) is 8.10. The van der Waals surface area contributed by atoms with Crippen LogP contribution < -0.4 is 15.7 Å². The van der Waals surface area contributed by atoms with Crippen molar-refractivity contribution < 1.29 is 19.2 Å². The van der Waals surface area contributed by atoms with Gasteiger partial charge in [0.25, 0.3) is 0 Å². The molecule has 1 aliphatic heterocycles. The number of oxime groups is 1. The van der Waals surface area contributed by atoms with Crippen LogP contribution in [0.4, 0.5) is 0 Å². The molecule has 1 unspecified atom stereocenters. The van der Waals surface area contributed by atoms with E-state index in [1.165, 1.54) is 11.8 Å². The van der Waals surface area contributed by atoms with Crippen molar-refractivity contribution in [2.24, 2.45) is 10.1 Å². The Labute approximate surface area is 185 Å². The third-order valence-corrected chi connectivity index (χ3v) is 6.00. The van der Waals surface area contributed by atoms with E-state index in [1.807, 2.05) is 6.92 Å². The van der Waals surface area contributed by atoms with Gasteiger partial charge in [0.1, 0.15) is 34.4 Å². The van der Waals surface area contributed by atoms with Crippen molar-refractivity contribution in [3.63, 3.8) is 0 Å². The molecule has 2 atom stereocenters. The van der Waals surface area contributed by atoms with Crippen molar-refractivity contribution in [1.82, 2.24) is 5.32 Å². The van der Waals surface area contributed by atoms with Crippen LogP contribution in [0.3, 0.4) is 0 Å². The third-order valence-electron chi connectivity index (χ3n) is 4.63. The molecule has 9 heteroatoms. The predicted octanol–water partition coefficient (Wildman–Crippen LogP) is 2.54. The highest BCUT2D eigenvalue weighted by Crippen LogP contribution is 2.31. The average Bonchev–Trinajstić information content (AvgIpc) is 3.16. The lowest BCUT2D eigenvalue weighted by atomic mass is 10.0. The van der Waals surface area contributed by atoms with Crippen LogP contribution >= 0.6 is 11.8 Å². The monoisotopic (exact) mass is 443 g/mol. The summed E-state index contributed by atoms with van der Waals surface area (Å²) in [6.07, 6.45) is 11.9. The van der Waals surface area contributed by atoms with Gasteiger partial charge in [0.2, 0.25) is 5.91 Å². The first-order valence-corrected chi connectivity index (χ1v) is 10.7. The van der Waals surface area contributed by atoms with Crippen LogP contribution in [-0.2, 0) is 11.2 Å². The lowest BCUT2D eigenvalue weighted by Gasteiger charge is -2.24. The van der Waals surface area contributed by atoms with Gasteiger partial charge in [-0.2, -0.15) is 0 Å². The van der Waals surface area contributed by atoms with Gasteiger partial charge in [0, 0.05) is 18.2 Å². The number of carbonyl (C=O) groups excluding carboxylic acids is 1. The molecule has 0 aliphatic carbocycles. The highest BCUT2D eigenvalue weighted by Gasteiger charge is 2.40. The second kappa shape index (κ2) is 10.7.